The lowest BCUT2D eigenvalue weighted by molar-refractivity contribution is -0.277. The van der Waals surface area contributed by atoms with Crippen LogP contribution in [0.2, 0.25) is 0 Å². The van der Waals surface area contributed by atoms with E-state index >= 15 is 0 Å². The van der Waals surface area contributed by atoms with Crippen LogP contribution < -0.4 is 4.74 Å². The Morgan fingerprint density at radius 1 is 1.03 bits per heavy atom. The second kappa shape index (κ2) is 11.2. The molecule has 1 saturated heterocycles. The van der Waals surface area contributed by atoms with Crippen molar-refractivity contribution in [1.82, 2.24) is 0 Å². The lowest BCUT2D eigenvalue weighted by Gasteiger charge is -2.40. The molecule has 0 radical (unpaired) electrons. The number of carbonyl (C=O) groups excluding carboxylic acids is 2. The van der Waals surface area contributed by atoms with Gasteiger partial charge in [-0.3, -0.25) is 4.79 Å². The van der Waals surface area contributed by atoms with Crippen molar-refractivity contribution < 1.29 is 53.4 Å². The van der Waals surface area contributed by atoms with Crippen molar-refractivity contribution in [3.05, 3.63) is 59.4 Å². The molecule has 0 bridgehead atoms. The predicted molar refractivity (Wildman–Crippen MR) is 127 cm³/mol. The summed E-state index contributed by atoms with van der Waals surface area (Å²) in [6.07, 6.45) is -6.69. The van der Waals surface area contributed by atoms with Gasteiger partial charge in [0.05, 0.1) is 18.9 Å². The molecule has 1 fully saturated rings. The first-order valence-electron chi connectivity index (χ1n) is 11.6. The summed E-state index contributed by atoms with van der Waals surface area (Å²) in [5.41, 5.74) is 2.09. The Morgan fingerprint density at radius 3 is 2.57 bits per heavy atom. The van der Waals surface area contributed by atoms with Gasteiger partial charge in [0, 0.05) is 11.8 Å². The van der Waals surface area contributed by atoms with Crippen LogP contribution in [0.5, 0.6) is 11.5 Å². The Bertz CT molecular complexity index is 1270. The summed E-state index contributed by atoms with van der Waals surface area (Å²) in [5, 5.41) is 42.1. The molecule has 2 aromatic carbocycles. The standard InChI is InChI=1S/C26H28O11/c1-13-9-16(27)11-17(18(28)5-3-14-4-6-19-15(10-14)7-8-34-19)24(13)37-25-23(31)22(30)21(29)20(36-25)12-35-26(32)33-2/h4,6-11,20-23,25,27,29-31H,3,5,12H2,1-2H3/t20-,21-,22+,23-,25+/m1/s1. The van der Waals surface area contributed by atoms with Gasteiger partial charge < -0.3 is 43.8 Å². The summed E-state index contributed by atoms with van der Waals surface area (Å²) < 4.78 is 25.9. The summed E-state index contributed by atoms with van der Waals surface area (Å²) in [7, 11) is 1.10. The van der Waals surface area contributed by atoms with Gasteiger partial charge in [-0.05, 0) is 54.8 Å². The molecule has 0 unspecified atom stereocenters. The first-order chi connectivity index (χ1) is 17.7. The van der Waals surface area contributed by atoms with Crippen LogP contribution in [0.25, 0.3) is 11.0 Å². The van der Waals surface area contributed by atoms with Gasteiger partial charge in [0.25, 0.3) is 0 Å². The molecular formula is C26H28O11. The van der Waals surface area contributed by atoms with E-state index in [0.717, 1.165) is 23.6 Å². The zero-order valence-electron chi connectivity index (χ0n) is 20.2. The Morgan fingerprint density at radius 2 is 1.81 bits per heavy atom. The Balaban J connectivity index is 1.52. The summed E-state index contributed by atoms with van der Waals surface area (Å²) in [4.78, 5) is 24.5. The van der Waals surface area contributed by atoms with Crippen LogP contribution >= 0.6 is 0 Å². The number of carbonyl (C=O) groups is 2. The van der Waals surface area contributed by atoms with E-state index in [1.165, 1.54) is 12.1 Å². The highest BCUT2D eigenvalue weighted by Gasteiger charge is 2.46. The molecule has 11 heteroatoms. The van der Waals surface area contributed by atoms with Crippen molar-refractivity contribution in [2.75, 3.05) is 13.7 Å². The number of aliphatic hydroxyl groups is 3. The molecule has 0 saturated carbocycles. The Kier molecular flexibility index (Phi) is 7.98. The Hall–Kier alpha value is -3.64. The quantitative estimate of drug-likeness (QED) is 0.256. The zero-order chi connectivity index (χ0) is 26.7. The number of phenolic OH excluding ortho intramolecular Hbond substituents is 1. The molecule has 1 aliphatic heterocycles. The SMILES string of the molecule is COC(=O)OC[C@H]1O[C@@H](Oc2c(C)cc(O)cc2C(=O)CCc2ccc3occc3c2)[C@H](O)[C@@H](O)[C@@H]1O. The number of rotatable bonds is 8. The lowest BCUT2D eigenvalue weighted by Crippen LogP contribution is -2.60. The van der Waals surface area contributed by atoms with Crippen LogP contribution in [0, 0.1) is 6.92 Å². The smallest absolute Gasteiger partial charge is 0.508 e. The molecule has 5 atom stereocenters. The van der Waals surface area contributed by atoms with Gasteiger partial charge >= 0.3 is 6.16 Å². The molecule has 1 aromatic heterocycles. The maximum Gasteiger partial charge on any atom is 0.508 e. The molecule has 0 aliphatic carbocycles. The largest absolute Gasteiger partial charge is 0.508 e. The third kappa shape index (κ3) is 5.86. The fourth-order valence-corrected chi connectivity index (χ4v) is 4.16. The molecule has 11 nitrogen and oxygen atoms in total. The minimum atomic E-state index is -1.69. The van der Waals surface area contributed by atoms with E-state index < -0.39 is 43.5 Å². The number of fused-ring (bicyclic) bond motifs is 1. The summed E-state index contributed by atoms with van der Waals surface area (Å²) in [5.74, 6) is -0.455. The first kappa shape index (κ1) is 26.4. The summed E-state index contributed by atoms with van der Waals surface area (Å²) in [6.45, 7) is 1.11. The predicted octanol–water partition coefficient (Wildman–Crippen LogP) is 2.23. The number of benzene rings is 2. The highest BCUT2D eigenvalue weighted by molar-refractivity contribution is 5.99. The molecule has 0 amide bonds. The van der Waals surface area contributed by atoms with Gasteiger partial charge in [0.2, 0.25) is 6.29 Å². The van der Waals surface area contributed by atoms with Crippen molar-refractivity contribution in [3.8, 4) is 11.5 Å². The van der Waals surface area contributed by atoms with Crippen molar-refractivity contribution in [1.29, 1.82) is 0 Å². The van der Waals surface area contributed by atoms with Crippen molar-refractivity contribution in [2.45, 2.75) is 50.5 Å². The van der Waals surface area contributed by atoms with Gasteiger partial charge in [0.1, 0.15) is 48.1 Å². The monoisotopic (exact) mass is 516 g/mol. The number of methoxy groups -OCH3 is 1. The number of aryl methyl sites for hydroxylation is 2. The Labute approximate surface area is 211 Å². The first-order valence-corrected chi connectivity index (χ1v) is 11.6. The number of hydrogen-bond acceptors (Lipinski definition) is 11. The maximum absolute atomic E-state index is 13.2. The number of ketones is 1. The van der Waals surface area contributed by atoms with Crippen LogP contribution in [0.3, 0.4) is 0 Å². The number of ether oxygens (including phenoxy) is 4. The lowest BCUT2D eigenvalue weighted by atomic mass is 9.98. The summed E-state index contributed by atoms with van der Waals surface area (Å²) >= 11 is 0. The number of phenols is 1. The molecule has 0 spiro atoms. The molecule has 4 rings (SSSR count). The van der Waals surface area contributed by atoms with Crippen molar-refractivity contribution in [2.24, 2.45) is 0 Å². The van der Waals surface area contributed by atoms with Gasteiger partial charge in [0.15, 0.2) is 5.78 Å². The molecule has 2 heterocycles. The number of hydrogen-bond donors (Lipinski definition) is 4. The highest BCUT2D eigenvalue weighted by Crippen LogP contribution is 2.33. The minimum absolute atomic E-state index is 0.0355. The number of furan rings is 1. The second-order valence-electron chi connectivity index (χ2n) is 8.75. The third-order valence-corrected chi connectivity index (χ3v) is 6.15. The highest BCUT2D eigenvalue weighted by atomic mass is 16.7. The number of aliphatic hydroxyl groups excluding tert-OH is 3. The third-order valence-electron chi connectivity index (χ3n) is 6.15. The van der Waals surface area contributed by atoms with Gasteiger partial charge in [-0.1, -0.05) is 6.07 Å². The van der Waals surface area contributed by atoms with E-state index in [2.05, 4.69) is 4.74 Å². The molecule has 198 valence electrons. The van der Waals surface area contributed by atoms with Crippen LogP contribution in [-0.4, -0.2) is 76.8 Å². The van der Waals surface area contributed by atoms with E-state index in [0.29, 0.717) is 12.0 Å². The molecular weight excluding hydrogens is 488 g/mol. The minimum Gasteiger partial charge on any atom is -0.508 e. The van der Waals surface area contributed by atoms with Crippen LogP contribution in [0.4, 0.5) is 4.79 Å². The van der Waals surface area contributed by atoms with Gasteiger partial charge in [-0.2, -0.15) is 0 Å². The van der Waals surface area contributed by atoms with Crippen molar-refractivity contribution in [3.63, 3.8) is 0 Å². The van der Waals surface area contributed by atoms with E-state index in [-0.39, 0.29) is 29.3 Å². The second-order valence-corrected chi connectivity index (χ2v) is 8.75. The number of Topliss-reactive ketones (excluding diaryl/α,β-unsaturated/α-hetero) is 1. The topological polar surface area (TPSA) is 165 Å². The fraction of sp³-hybridized carbons (Fsp3) is 0.385. The van der Waals surface area contributed by atoms with Gasteiger partial charge in [-0.25, -0.2) is 4.79 Å². The fourth-order valence-electron chi connectivity index (χ4n) is 4.16. The molecule has 37 heavy (non-hydrogen) atoms. The molecule has 4 N–H and O–H groups in total. The van der Waals surface area contributed by atoms with E-state index in [1.807, 2.05) is 24.3 Å². The van der Waals surface area contributed by atoms with E-state index in [4.69, 9.17) is 18.6 Å². The number of aromatic hydroxyl groups is 1. The van der Waals surface area contributed by atoms with E-state index in [9.17, 15) is 30.0 Å². The summed E-state index contributed by atoms with van der Waals surface area (Å²) in [6, 6.07) is 10.1. The molecule has 1 aliphatic rings. The average Bonchev–Trinajstić information content (AvgIpc) is 3.35. The van der Waals surface area contributed by atoms with Gasteiger partial charge in [-0.15, -0.1) is 0 Å². The maximum atomic E-state index is 13.2. The van der Waals surface area contributed by atoms with Crippen LogP contribution in [0.1, 0.15) is 27.9 Å². The normalized spacial score (nSPS) is 23.5. The van der Waals surface area contributed by atoms with E-state index in [1.54, 1.807) is 13.2 Å². The average molecular weight is 516 g/mol. The van der Waals surface area contributed by atoms with Crippen molar-refractivity contribution >= 4 is 22.9 Å². The van der Waals surface area contributed by atoms with Crippen LogP contribution in [-0.2, 0) is 20.6 Å². The zero-order valence-corrected chi connectivity index (χ0v) is 20.2. The van der Waals surface area contributed by atoms with Crippen LogP contribution in [0.15, 0.2) is 47.1 Å². The molecule has 3 aromatic rings.